The predicted molar refractivity (Wildman–Crippen MR) is 70.0 cm³/mol. The molecule has 1 aliphatic rings. The molecule has 1 aliphatic carbocycles. The van der Waals surface area contributed by atoms with Crippen LogP contribution >= 0.6 is 0 Å². The Hall–Kier alpha value is -1.44. The summed E-state index contributed by atoms with van der Waals surface area (Å²) in [6, 6.07) is 10.4. The molecule has 1 saturated carbocycles. The van der Waals surface area contributed by atoms with Crippen molar-refractivity contribution in [1.82, 2.24) is 0 Å². The van der Waals surface area contributed by atoms with Gasteiger partial charge in [0.15, 0.2) is 0 Å². The zero-order valence-corrected chi connectivity index (χ0v) is 10.5. The zero-order valence-electron chi connectivity index (χ0n) is 10.5. The van der Waals surface area contributed by atoms with E-state index in [1.165, 1.54) is 12.0 Å². The van der Waals surface area contributed by atoms with Gasteiger partial charge in [0.2, 0.25) is 6.08 Å². The van der Waals surface area contributed by atoms with Crippen molar-refractivity contribution in [2.24, 2.45) is 10.9 Å². The Morgan fingerprint density at radius 2 is 2.11 bits per heavy atom. The highest BCUT2D eigenvalue weighted by Gasteiger charge is 2.21. The number of isocyanates is 1. The van der Waals surface area contributed by atoms with Gasteiger partial charge >= 0.3 is 0 Å². The lowest BCUT2D eigenvalue weighted by molar-refractivity contribution is 0.0710. The Morgan fingerprint density at radius 1 is 1.28 bits per heavy atom. The third-order valence-corrected chi connectivity index (χ3v) is 3.46. The highest BCUT2D eigenvalue weighted by atomic mass is 16.5. The highest BCUT2D eigenvalue weighted by Crippen LogP contribution is 2.26. The predicted octanol–water partition coefficient (Wildman–Crippen LogP) is 3.10. The first kappa shape index (κ1) is 13.0. The van der Waals surface area contributed by atoms with Gasteiger partial charge < -0.3 is 4.74 Å². The quantitative estimate of drug-likeness (QED) is 0.590. The lowest BCUT2D eigenvalue weighted by atomic mass is 9.86. The molecule has 96 valence electrons. The fraction of sp³-hybridized carbons (Fsp3) is 0.533. The van der Waals surface area contributed by atoms with Crippen LogP contribution in [0.2, 0.25) is 0 Å². The van der Waals surface area contributed by atoms with Gasteiger partial charge in [0.05, 0.1) is 12.6 Å². The number of ether oxygens (including phenoxy) is 1. The van der Waals surface area contributed by atoms with E-state index in [9.17, 15) is 4.79 Å². The summed E-state index contributed by atoms with van der Waals surface area (Å²) in [5.41, 5.74) is 1.20. The molecule has 2 atom stereocenters. The van der Waals surface area contributed by atoms with Crippen molar-refractivity contribution in [3.8, 4) is 0 Å². The van der Waals surface area contributed by atoms with Crippen molar-refractivity contribution in [2.45, 2.75) is 38.3 Å². The number of aliphatic imine (C=N–C) groups is 1. The van der Waals surface area contributed by atoms with Crippen LogP contribution in [0.15, 0.2) is 35.3 Å². The smallest absolute Gasteiger partial charge is 0.235 e. The average molecular weight is 245 g/mol. The summed E-state index contributed by atoms with van der Waals surface area (Å²) in [7, 11) is 0. The van der Waals surface area contributed by atoms with Crippen LogP contribution in [0, 0.1) is 5.92 Å². The summed E-state index contributed by atoms with van der Waals surface area (Å²) < 4.78 is 5.75. The third-order valence-electron chi connectivity index (χ3n) is 3.46. The number of benzene rings is 1. The molecule has 0 N–H and O–H groups in total. The SMILES string of the molecule is O=C=NC1CCCC(COCc2ccccc2)C1. The summed E-state index contributed by atoms with van der Waals surface area (Å²) in [5.74, 6) is 0.532. The summed E-state index contributed by atoms with van der Waals surface area (Å²) in [5, 5.41) is 0. The Morgan fingerprint density at radius 3 is 2.89 bits per heavy atom. The Bertz CT molecular complexity index is 398. The maximum absolute atomic E-state index is 10.3. The van der Waals surface area contributed by atoms with E-state index in [2.05, 4.69) is 17.1 Å². The molecule has 1 fully saturated rings. The van der Waals surface area contributed by atoms with Gasteiger partial charge in [-0.2, -0.15) is 0 Å². The average Bonchev–Trinajstić information content (AvgIpc) is 2.41. The van der Waals surface area contributed by atoms with Crippen LogP contribution < -0.4 is 0 Å². The highest BCUT2D eigenvalue weighted by molar-refractivity contribution is 5.33. The first-order chi connectivity index (χ1) is 8.88. The largest absolute Gasteiger partial charge is 0.376 e. The standard InChI is InChI=1S/C15H19NO2/c17-12-16-15-8-4-7-14(9-15)11-18-10-13-5-2-1-3-6-13/h1-3,5-6,14-15H,4,7-11H2. The van der Waals surface area contributed by atoms with Crippen molar-refractivity contribution in [3.63, 3.8) is 0 Å². The van der Waals surface area contributed by atoms with Crippen LogP contribution in [0.5, 0.6) is 0 Å². The molecule has 0 bridgehead atoms. The van der Waals surface area contributed by atoms with E-state index in [1.54, 1.807) is 6.08 Å². The molecule has 0 aliphatic heterocycles. The maximum Gasteiger partial charge on any atom is 0.235 e. The van der Waals surface area contributed by atoms with E-state index in [1.807, 2.05) is 18.2 Å². The van der Waals surface area contributed by atoms with Crippen molar-refractivity contribution in [2.75, 3.05) is 6.61 Å². The minimum Gasteiger partial charge on any atom is -0.376 e. The molecule has 0 spiro atoms. The van der Waals surface area contributed by atoms with Gasteiger partial charge in [0, 0.05) is 6.61 Å². The molecule has 0 saturated heterocycles. The van der Waals surface area contributed by atoms with Crippen LogP contribution in [-0.4, -0.2) is 18.7 Å². The van der Waals surface area contributed by atoms with Crippen LogP contribution in [0.25, 0.3) is 0 Å². The molecule has 3 heteroatoms. The molecule has 0 heterocycles. The first-order valence-electron chi connectivity index (χ1n) is 6.57. The number of rotatable bonds is 5. The number of carbonyl (C=O) groups excluding carboxylic acids is 1. The van der Waals surface area contributed by atoms with E-state index in [4.69, 9.17) is 4.74 Å². The summed E-state index contributed by atoms with van der Waals surface area (Å²) in [4.78, 5) is 14.1. The minimum atomic E-state index is 0.168. The second-order valence-electron chi connectivity index (χ2n) is 4.91. The summed E-state index contributed by atoms with van der Waals surface area (Å²) in [6.07, 6.45) is 5.97. The lowest BCUT2D eigenvalue weighted by Gasteiger charge is -2.25. The van der Waals surface area contributed by atoms with E-state index in [0.29, 0.717) is 12.5 Å². The lowest BCUT2D eigenvalue weighted by Crippen LogP contribution is -2.22. The molecule has 2 rings (SSSR count). The van der Waals surface area contributed by atoms with Crippen LogP contribution in [0.4, 0.5) is 0 Å². The zero-order chi connectivity index (χ0) is 12.6. The second-order valence-corrected chi connectivity index (χ2v) is 4.91. The minimum absolute atomic E-state index is 0.168. The van der Waals surface area contributed by atoms with Crippen LogP contribution in [0.1, 0.15) is 31.2 Å². The molecule has 0 amide bonds. The van der Waals surface area contributed by atoms with Crippen molar-refractivity contribution in [1.29, 1.82) is 0 Å². The molecule has 18 heavy (non-hydrogen) atoms. The van der Waals surface area contributed by atoms with E-state index in [-0.39, 0.29) is 6.04 Å². The fourth-order valence-electron chi connectivity index (χ4n) is 2.52. The topological polar surface area (TPSA) is 38.7 Å². The van der Waals surface area contributed by atoms with Gasteiger partial charge in [0.25, 0.3) is 0 Å². The van der Waals surface area contributed by atoms with Gasteiger partial charge in [-0.3, -0.25) is 0 Å². The van der Waals surface area contributed by atoms with E-state index < -0.39 is 0 Å². The van der Waals surface area contributed by atoms with Gasteiger partial charge in [0.1, 0.15) is 0 Å². The number of hydrogen-bond donors (Lipinski definition) is 0. The summed E-state index contributed by atoms with van der Waals surface area (Å²) >= 11 is 0. The van der Waals surface area contributed by atoms with Gasteiger partial charge in [-0.1, -0.05) is 36.8 Å². The van der Waals surface area contributed by atoms with Crippen molar-refractivity contribution in [3.05, 3.63) is 35.9 Å². The van der Waals surface area contributed by atoms with Crippen molar-refractivity contribution >= 4 is 6.08 Å². The monoisotopic (exact) mass is 245 g/mol. The summed E-state index contributed by atoms with van der Waals surface area (Å²) in [6.45, 7) is 1.43. The molecule has 1 aromatic carbocycles. The molecular weight excluding hydrogens is 226 g/mol. The second kappa shape index (κ2) is 7.10. The maximum atomic E-state index is 10.3. The van der Waals surface area contributed by atoms with Gasteiger partial charge in [-0.05, 0) is 30.7 Å². The molecule has 2 unspecified atom stereocenters. The van der Waals surface area contributed by atoms with E-state index >= 15 is 0 Å². The molecule has 0 radical (unpaired) electrons. The van der Waals surface area contributed by atoms with E-state index in [0.717, 1.165) is 25.9 Å². The molecule has 0 aromatic heterocycles. The van der Waals surface area contributed by atoms with Crippen LogP contribution in [-0.2, 0) is 16.1 Å². The number of nitrogens with zero attached hydrogens (tertiary/aromatic N) is 1. The molecular formula is C15H19NO2. The first-order valence-corrected chi connectivity index (χ1v) is 6.57. The normalized spacial score (nSPS) is 23.3. The Labute approximate surface area is 108 Å². The van der Waals surface area contributed by atoms with Crippen molar-refractivity contribution < 1.29 is 9.53 Å². The van der Waals surface area contributed by atoms with Gasteiger partial charge in [-0.25, -0.2) is 9.79 Å². The third kappa shape index (κ3) is 4.10. The van der Waals surface area contributed by atoms with Crippen LogP contribution in [0.3, 0.4) is 0 Å². The molecule has 1 aromatic rings. The molecule has 3 nitrogen and oxygen atoms in total. The Kier molecular flexibility index (Phi) is 5.13. The Balaban J connectivity index is 1.72. The van der Waals surface area contributed by atoms with Gasteiger partial charge in [-0.15, -0.1) is 0 Å². The fourth-order valence-corrected chi connectivity index (χ4v) is 2.52. The number of hydrogen-bond acceptors (Lipinski definition) is 3.